The largest absolute Gasteiger partial charge is 0.465 e. The Morgan fingerprint density at radius 1 is 1.06 bits per heavy atom. The molecule has 2 aliphatic heterocycles. The van der Waals surface area contributed by atoms with Gasteiger partial charge in [0.1, 0.15) is 11.9 Å². The first-order valence-corrected chi connectivity index (χ1v) is 10.4. The van der Waals surface area contributed by atoms with Crippen molar-refractivity contribution in [1.82, 2.24) is 10.2 Å². The van der Waals surface area contributed by atoms with Crippen LogP contribution in [0.25, 0.3) is 0 Å². The molecule has 1 N–H and O–H groups in total. The highest BCUT2D eigenvalue weighted by Crippen LogP contribution is 2.31. The number of nitrogens with one attached hydrogen (secondary N) is 1. The number of amides is 1. The SMILES string of the molecule is CCOC(=O)C1C(=O)NC(N2CCN(c3ccc(F)cc3)CC2)=NC1c1ccccc1. The van der Waals surface area contributed by atoms with Crippen LogP contribution in [0.2, 0.25) is 0 Å². The van der Waals surface area contributed by atoms with Crippen LogP contribution in [-0.4, -0.2) is 55.5 Å². The summed E-state index contributed by atoms with van der Waals surface area (Å²) in [4.78, 5) is 34.3. The van der Waals surface area contributed by atoms with Crippen molar-refractivity contribution in [3.05, 3.63) is 66.0 Å². The number of rotatable bonds is 4. The minimum Gasteiger partial charge on any atom is -0.465 e. The van der Waals surface area contributed by atoms with Gasteiger partial charge in [0.05, 0.1) is 6.61 Å². The minimum atomic E-state index is -1.02. The third kappa shape index (κ3) is 4.52. The summed E-state index contributed by atoms with van der Waals surface area (Å²) in [5.74, 6) is -1.79. The fraction of sp³-hybridized carbons (Fsp3) is 0.348. The summed E-state index contributed by atoms with van der Waals surface area (Å²) in [6.07, 6.45) is 0. The minimum absolute atomic E-state index is 0.200. The van der Waals surface area contributed by atoms with Gasteiger partial charge in [0.25, 0.3) is 0 Å². The third-order valence-electron chi connectivity index (χ3n) is 5.55. The molecule has 31 heavy (non-hydrogen) atoms. The summed E-state index contributed by atoms with van der Waals surface area (Å²) in [6, 6.07) is 15.1. The Hall–Kier alpha value is -3.42. The summed E-state index contributed by atoms with van der Waals surface area (Å²) >= 11 is 0. The van der Waals surface area contributed by atoms with Gasteiger partial charge in [-0.25, -0.2) is 9.38 Å². The number of nitrogens with zero attached hydrogens (tertiary/aromatic N) is 3. The Morgan fingerprint density at radius 2 is 1.71 bits per heavy atom. The fourth-order valence-electron chi connectivity index (χ4n) is 3.94. The van der Waals surface area contributed by atoms with E-state index in [1.54, 1.807) is 19.1 Å². The van der Waals surface area contributed by atoms with E-state index in [0.29, 0.717) is 32.1 Å². The van der Waals surface area contributed by atoms with Gasteiger partial charge in [-0.2, -0.15) is 0 Å². The molecule has 2 aromatic carbocycles. The monoisotopic (exact) mass is 424 g/mol. The van der Waals surface area contributed by atoms with Gasteiger partial charge in [-0.05, 0) is 36.8 Å². The first kappa shape index (κ1) is 20.8. The molecule has 162 valence electrons. The van der Waals surface area contributed by atoms with E-state index < -0.39 is 23.8 Å². The number of guanidine groups is 1. The van der Waals surface area contributed by atoms with Crippen LogP contribution >= 0.6 is 0 Å². The number of ether oxygens (including phenoxy) is 1. The number of aliphatic imine (C=N–C) groups is 1. The molecule has 2 aromatic rings. The standard InChI is InChI=1S/C23H25FN4O3/c1-2-31-22(30)19-20(16-6-4-3-5-7-16)25-23(26-21(19)29)28-14-12-27(13-15-28)18-10-8-17(24)9-11-18/h3-11,19-20H,2,12-15H2,1H3,(H,25,26,29). The van der Waals surface area contributed by atoms with Crippen LogP contribution in [0.15, 0.2) is 59.6 Å². The highest BCUT2D eigenvalue weighted by molar-refractivity contribution is 6.08. The Balaban J connectivity index is 1.53. The van der Waals surface area contributed by atoms with Gasteiger partial charge in [-0.3, -0.25) is 14.9 Å². The van der Waals surface area contributed by atoms with E-state index in [1.165, 1.54) is 12.1 Å². The van der Waals surface area contributed by atoms with Crippen LogP contribution in [0.4, 0.5) is 10.1 Å². The predicted octanol–water partition coefficient (Wildman–Crippen LogP) is 2.35. The molecule has 2 unspecified atom stereocenters. The molecule has 8 heteroatoms. The Morgan fingerprint density at radius 3 is 2.35 bits per heavy atom. The molecule has 2 atom stereocenters. The van der Waals surface area contributed by atoms with E-state index in [9.17, 15) is 14.0 Å². The van der Waals surface area contributed by atoms with Gasteiger partial charge >= 0.3 is 5.97 Å². The van der Waals surface area contributed by atoms with Crippen LogP contribution in [0.5, 0.6) is 0 Å². The number of hydrogen-bond acceptors (Lipinski definition) is 6. The number of carbonyl (C=O) groups excluding carboxylic acids is 2. The average Bonchev–Trinajstić information content (AvgIpc) is 2.80. The highest BCUT2D eigenvalue weighted by atomic mass is 19.1. The molecule has 7 nitrogen and oxygen atoms in total. The second kappa shape index (κ2) is 9.16. The molecule has 0 aromatic heterocycles. The number of piperazine rings is 1. The zero-order chi connectivity index (χ0) is 21.8. The summed E-state index contributed by atoms with van der Waals surface area (Å²) < 4.78 is 18.3. The van der Waals surface area contributed by atoms with Crippen molar-refractivity contribution >= 4 is 23.5 Å². The Labute approximate surface area is 180 Å². The molecule has 0 aliphatic carbocycles. The molecule has 0 bridgehead atoms. The van der Waals surface area contributed by atoms with Gasteiger partial charge in [0.2, 0.25) is 11.9 Å². The molecule has 0 spiro atoms. The van der Waals surface area contributed by atoms with Crippen LogP contribution in [-0.2, 0) is 14.3 Å². The van der Waals surface area contributed by atoms with Gasteiger partial charge in [0.15, 0.2) is 5.92 Å². The molecule has 0 saturated carbocycles. The van der Waals surface area contributed by atoms with Crippen molar-refractivity contribution in [3.63, 3.8) is 0 Å². The average molecular weight is 424 g/mol. The van der Waals surface area contributed by atoms with Crippen molar-refractivity contribution < 1.29 is 18.7 Å². The van der Waals surface area contributed by atoms with Gasteiger partial charge in [0, 0.05) is 31.9 Å². The summed E-state index contributed by atoms with van der Waals surface area (Å²) in [5.41, 5.74) is 1.75. The number of halogens is 1. The number of anilines is 1. The smallest absolute Gasteiger partial charge is 0.321 e. The molecular formula is C23H25FN4O3. The third-order valence-corrected chi connectivity index (χ3v) is 5.55. The van der Waals surface area contributed by atoms with Crippen molar-refractivity contribution in [3.8, 4) is 0 Å². The van der Waals surface area contributed by atoms with E-state index in [4.69, 9.17) is 9.73 Å². The van der Waals surface area contributed by atoms with Crippen LogP contribution < -0.4 is 10.2 Å². The highest BCUT2D eigenvalue weighted by Gasteiger charge is 2.42. The molecule has 0 radical (unpaired) electrons. The lowest BCUT2D eigenvalue weighted by atomic mass is 9.91. The molecule has 1 amide bonds. The second-order valence-electron chi connectivity index (χ2n) is 7.48. The topological polar surface area (TPSA) is 74.2 Å². The van der Waals surface area contributed by atoms with Crippen LogP contribution in [0.3, 0.4) is 0 Å². The maximum atomic E-state index is 13.2. The predicted molar refractivity (Wildman–Crippen MR) is 115 cm³/mol. The van der Waals surface area contributed by atoms with Gasteiger partial charge in [-0.15, -0.1) is 0 Å². The number of carbonyl (C=O) groups is 2. The summed E-state index contributed by atoms with van der Waals surface area (Å²) in [7, 11) is 0. The van der Waals surface area contributed by atoms with E-state index in [0.717, 1.165) is 11.3 Å². The van der Waals surface area contributed by atoms with Crippen molar-refractivity contribution in [2.45, 2.75) is 13.0 Å². The Kier molecular flexibility index (Phi) is 6.16. The fourth-order valence-corrected chi connectivity index (χ4v) is 3.94. The van der Waals surface area contributed by atoms with Crippen molar-refractivity contribution in [1.29, 1.82) is 0 Å². The van der Waals surface area contributed by atoms with E-state index >= 15 is 0 Å². The first-order valence-electron chi connectivity index (χ1n) is 10.4. The molecular weight excluding hydrogens is 399 g/mol. The molecule has 4 rings (SSSR count). The second-order valence-corrected chi connectivity index (χ2v) is 7.48. The van der Waals surface area contributed by atoms with Crippen molar-refractivity contribution in [2.75, 3.05) is 37.7 Å². The number of esters is 1. The maximum absolute atomic E-state index is 13.2. The van der Waals surface area contributed by atoms with Crippen LogP contribution in [0.1, 0.15) is 18.5 Å². The summed E-state index contributed by atoms with van der Waals surface area (Å²) in [6.45, 7) is 4.61. The number of benzene rings is 2. The molecule has 1 fully saturated rings. The van der Waals surface area contributed by atoms with E-state index in [-0.39, 0.29) is 12.4 Å². The maximum Gasteiger partial charge on any atom is 0.321 e. The lowest BCUT2D eigenvalue weighted by molar-refractivity contribution is -0.153. The number of hydrogen-bond donors (Lipinski definition) is 1. The first-order chi connectivity index (χ1) is 15.1. The van der Waals surface area contributed by atoms with Crippen molar-refractivity contribution in [2.24, 2.45) is 10.9 Å². The van der Waals surface area contributed by atoms with E-state index in [2.05, 4.69) is 10.2 Å². The zero-order valence-electron chi connectivity index (χ0n) is 17.3. The quantitative estimate of drug-likeness (QED) is 0.603. The van der Waals surface area contributed by atoms with Gasteiger partial charge < -0.3 is 14.5 Å². The summed E-state index contributed by atoms with van der Waals surface area (Å²) in [5, 5.41) is 2.81. The molecule has 2 aliphatic rings. The lowest BCUT2D eigenvalue weighted by Crippen LogP contribution is -2.57. The lowest BCUT2D eigenvalue weighted by Gasteiger charge is -2.39. The van der Waals surface area contributed by atoms with E-state index in [1.807, 2.05) is 35.2 Å². The zero-order valence-corrected chi connectivity index (χ0v) is 17.3. The molecule has 1 saturated heterocycles. The Bertz CT molecular complexity index is 957. The normalized spacial score (nSPS) is 21.4. The van der Waals surface area contributed by atoms with Crippen LogP contribution in [0, 0.1) is 11.7 Å². The van der Waals surface area contributed by atoms with Gasteiger partial charge in [-0.1, -0.05) is 30.3 Å². The molecule has 2 heterocycles.